The van der Waals surface area contributed by atoms with E-state index < -0.39 is 0 Å². The summed E-state index contributed by atoms with van der Waals surface area (Å²) in [4.78, 5) is 0. The smallest absolute Gasteiger partial charge is 0.00539 e. The van der Waals surface area contributed by atoms with Crippen LogP contribution in [0.2, 0.25) is 0 Å². The van der Waals surface area contributed by atoms with Gasteiger partial charge < -0.3 is 0 Å². The molecule has 0 heterocycles. The second-order valence-corrected chi connectivity index (χ2v) is 2.18. The van der Waals surface area contributed by atoms with Crippen molar-refractivity contribution in [2.24, 2.45) is 5.92 Å². The zero-order chi connectivity index (χ0) is 7.28. The highest BCUT2D eigenvalue weighted by Crippen LogP contribution is 2.12. The molecule has 0 aromatic carbocycles. The molecule has 0 aromatic rings. The second kappa shape index (κ2) is 4.13. The summed E-state index contributed by atoms with van der Waals surface area (Å²) in [5.74, 6) is 0.419. The van der Waals surface area contributed by atoms with Gasteiger partial charge in [0.15, 0.2) is 0 Å². The maximum atomic E-state index is 3.87. The molecule has 0 saturated heterocycles. The van der Waals surface area contributed by atoms with E-state index in [2.05, 4.69) is 26.7 Å². The molecule has 0 nitrogen and oxygen atoms in total. The monoisotopic (exact) mass is 122 g/mol. The Morgan fingerprint density at radius 1 is 1.56 bits per heavy atom. The van der Waals surface area contributed by atoms with E-state index in [0.29, 0.717) is 5.92 Å². The van der Waals surface area contributed by atoms with E-state index in [-0.39, 0.29) is 0 Å². The Labute approximate surface area is 57.6 Å². The maximum absolute atomic E-state index is 3.87. The molecule has 9 heavy (non-hydrogen) atoms. The van der Waals surface area contributed by atoms with Crippen molar-refractivity contribution < 1.29 is 0 Å². The van der Waals surface area contributed by atoms with Crippen molar-refractivity contribution >= 4 is 0 Å². The van der Waals surface area contributed by atoms with Crippen molar-refractivity contribution in [3.63, 3.8) is 0 Å². The summed E-state index contributed by atoms with van der Waals surface area (Å²) in [5, 5.41) is 0. The average Bonchev–Trinajstić information content (AvgIpc) is 1.87. The highest BCUT2D eigenvalue weighted by molar-refractivity contribution is 5.08. The van der Waals surface area contributed by atoms with E-state index in [1.165, 1.54) is 5.57 Å². The Kier molecular flexibility index (Phi) is 3.78. The van der Waals surface area contributed by atoms with Crippen LogP contribution in [0.4, 0.5) is 0 Å². The van der Waals surface area contributed by atoms with Gasteiger partial charge in [-0.3, -0.25) is 0 Å². The largest absolute Gasteiger partial charge is 0.103 e. The molecule has 50 valence electrons. The van der Waals surface area contributed by atoms with Crippen LogP contribution in [0.25, 0.3) is 0 Å². The molecule has 0 fully saturated rings. The average molecular weight is 122 g/mol. The first-order valence-electron chi connectivity index (χ1n) is 3.13. The van der Waals surface area contributed by atoms with Gasteiger partial charge in [0.25, 0.3) is 0 Å². The molecule has 0 radical (unpaired) electrons. The fourth-order valence-corrected chi connectivity index (χ4v) is 0.538. The van der Waals surface area contributed by atoms with Gasteiger partial charge in [0, 0.05) is 0 Å². The molecule has 0 bridgehead atoms. The third-order valence-electron chi connectivity index (χ3n) is 1.40. The summed E-state index contributed by atoms with van der Waals surface area (Å²) in [6.45, 7) is 13.2. The first-order chi connectivity index (χ1) is 4.22. The molecule has 0 N–H and O–H groups in total. The summed E-state index contributed by atoms with van der Waals surface area (Å²) in [6, 6.07) is 0. The van der Waals surface area contributed by atoms with Gasteiger partial charge in [-0.2, -0.15) is 0 Å². The Morgan fingerprint density at radius 3 is 2.44 bits per heavy atom. The first-order valence-corrected chi connectivity index (χ1v) is 3.13. The molecule has 0 aliphatic heterocycles. The molecule has 0 spiro atoms. The van der Waals surface area contributed by atoms with Crippen LogP contribution >= 0.6 is 0 Å². The van der Waals surface area contributed by atoms with Crippen LogP contribution in [0.3, 0.4) is 0 Å². The number of hydrogen-bond donors (Lipinski definition) is 0. The van der Waals surface area contributed by atoms with Crippen molar-refractivity contribution in [2.45, 2.75) is 13.3 Å². The Morgan fingerprint density at radius 2 is 2.11 bits per heavy atom. The molecule has 0 aromatic heterocycles. The van der Waals surface area contributed by atoms with Crippen LogP contribution < -0.4 is 0 Å². The highest BCUT2D eigenvalue weighted by atomic mass is 14.0. The van der Waals surface area contributed by atoms with Gasteiger partial charge in [0.05, 0.1) is 0 Å². The minimum atomic E-state index is 0.419. The third kappa shape index (κ3) is 2.91. The topological polar surface area (TPSA) is 0 Å². The predicted octanol–water partition coefficient (Wildman–Crippen LogP) is 2.94. The Bertz CT molecular complexity index is 120. The highest BCUT2D eigenvalue weighted by Gasteiger charge is 1.97. The number of hydrogen-bond acceptors (Lipinski definition) is 0. The lowest BCUT2D eigenvalue weighted by Gasteiger charge is -2.05. The van der Waals surface area contributed by atoms with Gasteiger partial charge in [-0.05, 0) is 12.3 Å². The molecular weight excluding hydrogens is 108 g/mol. The zero-order valence-electron chi connectivity index (χ0n) is 6.06. The van der Waals surface area contributed by atoms with Gasteiger partial charge in [-0.15, -0.1) is 13.2 Å². The van der Waals surface area contributed by atoms with Crippen LogP contribution in [0.15, 0.2) is 37.5 Å². The summed E-state index contributed by atoms with van der Waals surface area (Å²) < 4.78 is 0. The quantitative estimate of drug-likeness (QED) is 0.503. The molecule has 0 aliphatic carbocycles. The van der Waals surface area contributed by atoms with Crippen molar-refractivity contribution in [1.82, 2.24) is 0 Å². The van der Waals surface area contributed by atoms with E-state index in [4.69, 9.17) is 0 Å². The molecular formula is C9H14. The van der Waals surface area contributed by atoms with Gasteiger partial charge in [0.2, 0.25) is 0 Å². The lowest BCUT2D eigenvalue weighted by Crippen LogP contribution is -1.90. The van der Waals surface area contributed by atoms with Crippen LogP contribution in [0, 0.1) is 5.92 Å². The zero-order valence-corrected chi connectivity index (χ0v) is 6.06. The lowest BCUT2D eigenvalue weighted by molar-refractivity contribution is 0.840. The maximum Gasteiger partial charge on any atom is -0.00539 e. The summed E-state index contributed by atoms with van der Waals surface area (Å²) in [6.07, 6.45) is 4.65. The molecule has 0 saturated carbocycles. The molecule has 1 unspecified atom stereocenters. The summed E-state index contributed by atoms with van der Waals surface area (Å²) >= 11 is 0. The van der Waals surface area contributed by atoms with Crippen LogP contribution in [-0.2, 0) is 0 Å². The van der Waals surface area contributed by atoms with E-state index in [1.807, 2.05) is 12.2 Å². The molecule has 0 rings (SSSR count). The Balaban J connectivity index is 3.71. The van der Waals surface area contributed by atoms with E-state index in [0.717, 1.165) is 6.42 Å². The standard InChI is InChI=1S/C9H14/c1-5-7-9(4)8(3)6-2/h5-6,8H,1-2,4,7H2,3H3. The van der Waals surface area contributed by atoms with Crippen molar-refractivity contribution in [1.29, 1.82) is 0 Å². The van der Waals surface area contributed by atoms with Gasteiger partial charge >= 0.3 is 0 Å². The van der Waals surface area contributed by atoms with Crippen LogP contribution in [-0.4, -0.2) is 0 Å². The third-order valence-corrected chi connectivity index (χ3v) is 1.40. The number of allylic oxidation sites excluding steroid dienone is 3. The molecule has 0 aliphatic rings. The molecule has 0 amide bonds. The Hall–Kier alpha value is -0.780. The predicted molar refractivity (Wildman–Crippen MR) is 43.3 cm³/mol. The van der Waals surface area contributed by atoms with E-state index in [9.17, 15) is 0 Å². The van der Waals surface area contributed by atoms with Crippen molar-refractivity contribution in [2.75, 3.05) is 0 Å². The van der Waals surface area contributed by atoms with Gasteiger partial charge in [0.1, 0.15) is 0 Å². The molecule has 1 atom stereocenters. The van der Waals surface area contributed by atoms with Crippen molar-refractivity contribution in [3.05, 3.63) is 37.5 Å². The van der Waals surface area contributed by atoms with Crippen LogP contribution in [0.1, 0.15) is 13.3 Å². The first kappa shape index (κ1) is 8.22. The lowest BCUT2D eigenvalue weighted by atomic mass is 10.0. The normalized spacial score (nSPS) is 12.1. The summed E-state index contributed by atoms with van der Waals surface area (Å²) in [7, 11) is 0. The minimum Gasteiger partial charge on any atom is -0.103 e. The van der Waals surface area contributed by atoms with E-state index >= 15 is 0 Å². The van der Waals surface area contributed by atoms with Crippen LogP contribution in [0.5, 0.6) is 0 Å². The number of rotatable bonds is 4. The SMILES string of the molecule is C=CCC(=C)C(C)C=C. The molecule has 0 heteroatoms. The van der Waals surface area contributed by atoms with Gasteiger partial charge in [-0.1, -0.05) is 31.2 Å². The second-order valence-electron chi connectivity index (χ2n) is 2.18. The summed E-state index contributed by atoms with van der Waals surface area (Å²) in [5.41, 5.74) is 1.18. The fraction of sp³-hybridized carbons (Fsp3) is 0.333. The minimum absolute atomic E-state index is 0.419. The van der Waals surface area contributed by atoms with E-state index in [1.54, 1.807) is 0 Å². The van der Waals surface area contributed by atoms with Gasteiger partial charge in [-0.25, -0.2) is 0 Å². The van der Waals surface area contributed by atoms with Crippen molar-refractivity contribution in [3.8, 4) is 0 Å². The fourth-order valence-electron chi connectivity index (χ4n) is 0.538.